The van der Waals surface area contributed by atoms with Crippen LogP contribution >= 0.6 is 0 Å². The third-order valence-corrected chi connectivity index (χ3v) is 6.08. The van der Waals surface area contributed by atoms with Gasteiger partial charge < -0.3 is 0 Å². The molecule has 0 unspecified atom stereocenters. The van der Waals surface area contributed by atoms with Crippen molar-refractivity contribution in [3.63, 3.8) is 0 Å². The number of fused-ring (bicyclic) bond motifs is 4. The van der Waals surface area contributed by atoms with Gasteiger partial charge in [-0.3, -0.25) is 0 Å². The third-order valence-electron chi connectivity index (χ3n) is 6.08. The first-order valence-corrected chi connectivity index (χ1v) is 9.84. The number of hydrogen-bond acceptors (Lipinski definition) is 2. The minimum absolute atomic E-state index is 0.363. The van der Waals surface area contributed by atoms with E-state index in [1.54, 1.807) is 6.33 Å². The molecule has 0 saturated heterocycles. The molecule has 0 radical (unpaired) electrons. The van der Waals surface area contributed by atoms with Crippen LogP contribution in [0.4, 0.5) is 0 Å². The zero-order valence-corrected chi connectivity index (χ0v) is 15.8. The highest BCUT2D eigenvalue weighted by molar-refractivity contribution is 5.94. The summed E-state index contributed by atoms with van der Waals surface area (Å²) in [6.07, 6.45) is 3.53. The molecule has 0 amide bonds. The van der Waals surface area contributed by atoms with Gasteiger partial charge in [-0.15, -0.1) is 0 Å². The molecule has 4 aromatic carbocycles. The van der Waals surface area contributed by atoms with E-state index in [1.165, 1.54) is 33.4 Å². The van der Waals surface area contributed by atoms with Crippen LogP contribution in [0.5, 0.6) is 0 Å². The van der Waals surface area contributed by atoms with Crippen LogP contribution in [0.25, 0.3) is 22.0 Å². The van der Waals surface area contributed by atoms with Gasteiger partial charge in [0, 0.05) is 11.6 Å². The molecule has 2 nitrogen and oxygen atoms in total. The standard InChI is InChI=1S/C27H18N2/c1-3-9-20(10-4-1)27(21-11-5-2-6-12-21)24-14-8-7-13-22(24)23-16-26-19(15-25(23)27)17-28-18-29-26/h1-18H. The van der Waals surface area contributed by atoms with Crippen molar-refractivity contribution >= 4 is 10.9 Å². The fraction of sp³-hybridized carbons (Fsp3) is 0.0370. The van der Waals surface area contributed by atoms with Crippen LogP contribution in [0.15, 0.2) is 110 Å². The van der Waals surface area contributed by atoms with Gasteiger partial charge in [0.25, 0.3) is 0 Å². The first kappa shape index (κ1) is 16.2. The van der Waals surface area contributed by atoms with Crippen LogP contribution in [-0.2, 0) is 5.41 Å². The number of hydrogen-bond donors (Lipinski definition) is 0. The molecule has 2 heteroatoms. The van der Waals surface area contributed by atoms with E-state index >= 15 is 0 Å². The van der Waals surface area contributed by atoms with Crippen molar-refractivity contribution < 1.29 is 0 Å². The quantitative estimate of drug-likeness (QED) is 0.374. The minimum atomic E-state index is -0.363. The highest BCUT2D eigenvalue weighted by atomic mass is 14.8. The van der Waals surface area contributed by atoms with Gasteiger partial charge in [0.15, 0.2) is 0 Å². The molecule has 1 aromatic heterocycles. The maximum Gasteiger partial charge on any atom is 0.116 e. The van der Waals surface area contributed by atoms with Gasteiger partial charge in [-0.25, -0.2) is 9.97 Å². The summed E-state index contributed by atoms with van der Waals surface area (Å²) >= 11 is 0. The van der Waals surface area contributed by atoms with E-state index < -0.39 is 0 Å². The van der Waals surface area contributed by atoms with Crippen molar-refractivity contribution in [2.24, 2.45) is 0 Å². The van der Waals surface area contributed by atoms with E-state index in [0.29, 0.717) is 0 Å². The van der Waals surface area contributed by atoms with Gasteiger partial charge in [-0.1, -0.05) is 84.9 Å². The lowest BCUT2D eigenvalue weighted by atomic mass is 9.67. The Labute approximate surface area is 169 Å². The summed E-state index contributed by atoms with van der Waals surface area (Å²) in [6, 6.07) is 34.9. The molecule has 0 fully saturated rings. The smallest absolute Gasteiger partial charge is 0.116 e. The fourth-order valence-corrected chi connectivity index (χ4v) is 4.92. The van der Waals surface area contributed by atoms with E-state index in [9.17, 15) is 0 Å². The molecule has 0 atom stereocenters. The summed E-state index contributed by atoms with van der Waals surface area (Å²) < 4.78 is 0. The molecule has 0 saturated carbocycles. The SMILES string of the molecule is c1ccc(C2(c3ccccc3)c3ccccc3-c3cc4ncncc4cc32)cc1. The zero-order chi connectivity index (χ0) is 19.3. The van der Waals surface area contributed by atoms with Crippen molar-refractivity contribution in [2.75, 3.05) is 0 Å². The topological polar surface area (TPSA) is 25.8 Å². The van der Waals surface area contributed by atoms with E-state index in [-0.39, 0.29) is 5.41 Å². The maximum absolute atomic E-state index is 4.51. The molecule has 0 spiro atoms. The van der Waals surface area contributed by atoms with E-state index in [2.05, 4.69) is 107 Å². The summed E-state index contributed by atoms with van der Waals surface area (Å²) in [7, 11) is 0. The zero-order valence-electron chi connectivity index (χ0n) is 15.8. The largest absolute Gasteiger partial charge is 0.244 e. The number of rotatable bonds is 2. The highest BCUT2D eigenvalue weighted by Crippen LogP contribution is 2.56. The Morgan fingerprint density at radius 1 is 0.586 bits per heavy atom. The lowest BCUT2D eigenvalue weighted by molar-refractivity contribution is 0.769. The van der Waals surface area contributed by atoms with Crippen molar-refractivity contribution in [3.8, 4) is 11.1 Å². The van der Waals surface area contributed by atoms with E-state index in [4.69, 9.17) is 0 Å². The van der Waals surface area contributed by atoms with Gasteiger partial charge in [0.2, 0.25) is 0 Å². The van der Waals surface area contributed by atoms with Crippen molar-refractivity contribution in [3.05, 3.63) is 132 Å². The average molecular weight is 370 g/mol. The van der Waals surface area contributed by atoms with Crippen LogP contribution in [0, 0.1) is 0 Å². The molecule has 5 aromatic rings. The molecule has 1 aliphatic rings. The van der Waals surface area contributed by atoms with Gasteiger partial charge >= 0.3 is 0 Å². The first-order valence-electron chi connectivity index (χ1n) is 9.84. The Hall–Kier alpha value is -3.78. The van der Waals surface area contributed by atoms with Crippen molar-refractivity contribution in [2.45, 2.75) is 5.41 Å². The second kappa shape index (κ2) is 6.11. The summed E-state index contributed by atoms with van der Waals surface area (Å²) in [5.74, 6) is 0. The molecule has 1 heterocycles. The Morgan fingerprint density at radius 2 is 1.24 bits per heavy atom. The van der Waals surface area contributed by atoms with Crippen LogP contribution in [-0.4, -0.2) is 9.97 Å². The summed E-state index contributed by atoms with van der Waals surface area (Å²) in [4.78, 5) is 8.78. The molecule has 29 heavy (non-hydrogen) atoms. The Morgan fingerprint density at radius 3 is 1.97 bits per heavy atom. The van der Waals surface area contributed by atoms with Gasteiger partial charge in [0.05, 0.1) is 10.9 Å². The van der Waals surface area contributed by atoms with Crippen LogP contribution < -0.4 is 0 Å². The lowest BCUT2D eigenvalue weighted by Gasteiger charge is -2.33. The molecule has 0 N–H and O–H groups in total. The maximum atomic E-state index is 4.51. The predicted octanol–water partition coefficient (Wildman–Crippen LogP) is 5.99. The Bertz CT molecular complexity index is 1300. The van der Waals surface area contributed by atoms with Gasteiger partial charge in [0.1, 0.15) is 6.33 Å². The molecular formula is C27H18N2. The van der Waals surface area contributed by atoms with E-state index in [1.807, 2.05) is 6.20 Å². The molecule has 0 aliphatic heterocycles. The Kier molecular flexibility index (Phi) is 3.41. The highest BCUT2D eigenvalue weighted by Gasteiger charge is 2.46. The number of nitrogens with zero attached hydrogens (tertiary/aromatic N) is 2. The first-order chi connectivity index (χ1) is 14.4. The molecule has 1 aliphatic carbocycles. The second-order valence-corrected chi connectivity index (χ2v) is 7.51. The monoisotopic (exact) mass is 370 g/mol. The second-order valence-electron chi connectivity index (χ2n) is 7.51. The van der Waals surface area contributed by atoms with Crippen LogP contribution in [0.3, 0.4) is 0 Å². The third kappa shape index (κ3) is 2.17. The van der Waals surface area contributed by atoms with Crippen LogP contribution in [0.2, 0.25) is 0 Å². The van der Waals surface area contributed by atoms with Gasteiger partial charge in [-0.2, -0.15) is 0 Å². The average Bonchev–Trinajstić information content (AvgIpc) is 3.09. The molecule has 0 bridgehead atoms. The summed E-state index contributed by atoms with van der Waals surface area (Å²) in [6.45, 7) is 0. The molecular weight excluding hydrogens is 352 g/mol. The van der Waals surface area contributed by atoms with E-state index in [0.717, 1.165) is 10.9 Å². The molecule has 136 valence electrons. The lowest BCUT2D eigenvalue weighted by Crippen LogP contribution is -2.28. The molecule has 6 rings (SSSR count). The van der Waals surface area contributed by atoms with Gasteiger partial charge in [-0.05, 0) is 45.5 Å². The Balaban J connectivity index is 1.83. The number of aromatic nitrogens is 2. The number of benzene rings is 4. The predicted molar refractivity (Wildman–Crippen MR) is 117 cm³/mol. The fourth-order valence-electron chi connectivity index (χ4n) is 4.92. The van der Waals surface area contributed by atoms with Crippen LogP contribution in [0.1, 0.15) is 22.3 Å². The normalized spacial score (nSPS) is 13.8. The summed E-state index contributed by atoms with van der Waals surface area (Å²) in [5.41, 5.74) is 8.29. The minimum Gasteiger partial charge on any atom is -0.244 e. The van der Waals surface area contributed by atoms with Crippen molar-refractivity contribution in [1.29, 1.82) is 0 Å². The van der Waals surface area contributed by atoms with Crippen molar-refractivity contribution in [1.82, 2.24) is 9.97 Å². The summed E-state index contributed by atoms with van der Waals surface area (Å²) in [5, 5.41) is 1.07.